The van der Waals surface area contributed by atoms with Gasteiger partial charge < -0.3 is 10.1 Å². The number of urea groups is 1. The van der Waals surface area contributed by atoms with Crippen LogP contribution in [0.2, 0.25) is 5.02 Å². The van der Waals surface area contributed by atoms with Crippen molar-refractivity contribution in [2.75, 3.05) is 6.61 Å². The molecule has 0 unspecified atom stereocenters. The van der Waals surface area contributed by atoms with Crippen LogP contribution in [0.3, 0.4) is 0 Å². The number of carbonyl (C=O) groups is 3. The number of amides is 3. The summed E-state index contributed by atoms with van der Waals surface area (Å²) in [5.41, 5.74) is 0.733. The number of ether oxygens (including phenoxy) is 1. The highest BCUT2D eigenvalue weighted by molar-refractivity contribution is 6.30. The predicted molar refractivity (Wildman–Crippen MR) is 75.8 cm³/mol. The molecule has 1 aliphatic rings. The van der Waals surface area contributed by atoms with E-state index in [9.17, 15) is 14.4 Å². The van der Waals surface area contributed by atoms with E-state index in [1.165, 1.54) is 0 Å². The summed E-state index contributed by atoms with van der Waals surface area (Å²) in [5, 5.41) is 5.26. The van der Waals surface area contributed by atoms with E-state index in [0.717, 1.165) is 18.4 Å². The number of esters is 1. The number of benzene rings is 1. The smallest absolute Gasteiger partial charge is 0.321 e. The summed E-state index contributed by atoms with van der Waals surface area (Å²) in [5.74, 6) is -1.20. The normalized spacial score (nSPS) is 13.4. The fraction of sp³-hybridized carbons (Fsp3) is 0.357. The zero-order chi connectivity index (χ0) is 15.2. The van der Waals surface area contributed by atoms with E-state index in [4.69, 9.17) is 16.3 Å². The van der Waals surface area contributed by atoms with Gasteiger partial charge in [0.2, 0.25) is 0 Å². The van der Waals surface area contributed by atoms with Crippen molar-refractivity contribution < 1.29 is 19.1 Å². The van der Waals surface area contributed by atoms with Gasteiger partial charge in [-0.2, -0.15) is 0 Å². The summed E-state index contributed by atoms with van der Waals surface area (Å²) in [6.45, 7) is -0.482. The molecule has 0 spiro atoms. The molecule has 3 amide bonds. The number of hydrogen-bond acceptors (Lipinski definition) is 4. The minimum absolute atomic E-state index is 0.0404. The van der Waals surface area contributed by atoms with Crippen LogP contribution in [0.1, 0.15) is 18.4 Å². The van der Waals surface area contributed by atoms with Crippen LogP contribution in [-0.2, 0) is 20.7 Å². The average Bonchev–Trinajstić information content (AvgIpc) is 3.23. The van der Waals surface area contributed by atoms with Crippen LogP contribution >= 0.6 is 11.6 Å². The van der Waals surface area contributed by atoms with E-state index in [-0.39, 0.29) is 12.5 Å². The Labute approximate surface area is 126 Å². The van der Waals surface area contributed by atoms with E-state index in [1.807, 2.05) is 0 Å². The Hall–Kier alpha value is -2.08. The minimum Gasteiger partial charge on any atom is -0.455 e. The lowest BCUT2D eigenvalue weighted by Crippen LogP contribution is -2.42. The summed E-state index contributed by atoms with van der Waals surface area (Å²) in [4.78, 5) is 34.2. The van der Waals surface area contributed by atoms with Crippen molar-refractivity contribution >= 4 is 29.5 Å². The topological polar surface area (TPSA) is 84.5 Å². The van der Waals surface area contributed by atoms with Gasteiger partial charge in [0.05, 0.1) is 6.42 Å². The Morgan fingerprint density at radius 3 is 2.48 bits per heavy atom. The van der Waals surface area contributed by atoms with Crippen LogP contribution in [0.4, 0.5) is 4.79 Å². The van der Waals surface area contributed by atoms with Crippen LogP contribution in [-0.4, -0.2) is 30.6 Å². The van der Waals surface area contributed by atoms with Crippen LogP contribution in [0, 0.1) is 0 Å². The molecule has 2 rings (SSSR count). The Bertz CT molecular complexity index is 540. The monoisotopic (exact) mass is 310 g/mol. The van der Waals surface area contributed by atoms with E-state index in [2.05, 4.69) is 10.6 Å². The van der Waals surface area contributed by atoms with Crippen molar-refractivity contribution in [3.05, 3.63) is 34.9 Å². The molecule has 0 bridgehead atoms. The lowest BCUT2D eigenvalue weighted by molar-refractivity contribution is -0.147. The molecule has 112 valence electrons. The van der Waals surface area contributed by atoms with E-state index in [0.29, 0.717) is 5.02 Å². The summed E-state index contributed by atoms with van der Waals surface area (Å²) in [7, 11) is 0. The number of carbonyl (C=O) groups excluding carboxylic acids is 3. The third-order valence-corrected chi connectivity index (χ3v) is 3.04. The maximum atomic E-state index is 11.5. The zero-order valence-electron chi connectivity index (χ0n) is 11.2. The Kier molecular flexibility index (Phi) is 5.16. The molecule has 21 heavy (non-hydrogen) atoms. The van der Waals surface area contributed by atoms with E-state index < -0.39 is 24.5 Å². The van der Waals surface area contributed by atoms with Crippen LogP contribution in [0.5, 0.6) is 0 Å². The largest absolute Gasteiger partial charge is 0.455 e. The highest BCUT2D eigenvalue weighted by Crippen LogP contribution is 2.18. The van der Waals surface area contributed by atoms with Gasteiger partial charge in [-0.1, -0.05) is 23.7 Å². The van der Waals surface area contributed by atoms with Gasteiger partial charge in [0.1, 0.15) is 0 Å². The summed E-state index contributed by atoms with van der Waals surface area (Å²) in [6.07, 6.45) is 1.90. The Balaban J connectivity index is 1.66. The Morgan fingerprint density at radius 2 is 1.86 bits per heavy atom. The highest BCUT2D eigenvalue weighted by Gasteiger charge is 2.24. The SMILES string of the molecule is O=C(COC(=O)Cc1ccc(Cl)cc1)NC(=O)NC1CC1. The molecule has 7 heteroatoms. The second-order valence-corrected chi connectivity index (χ2v) is 5.20. The first-order valence-electron chi connectivity index (χ1n) is 6.53. The molecule has 6 nitrogen and oxygen atoms in total. The number of halogens is 1. The summed E-state index contributed by atoms with van der Waals surface area (Å²) < 4.78 is 4.80. The van der Waals surface area contributed by atoms with Crippen molar-refractivity contribution in [1.82, 2.24) is 10.6 Å². The molecule has 0 aromatic heterocycles. The highest BCUT2D eigenvalue weighted by atomic mass is 35.5. The molecule has 0 heterocycles. The predicted octanol–water partition coefficient (Wildman–Crippen LogP) is 1.41. The van der Waals surface area contributed by atoms with Crippen molar-refractivity contribution in [1.29, 1.82) is 0 Å². The van der Waals surface area contributed by atoms with Crippen molar-refractivity contribution in [2.45, 2.75) is 25.3 Å². The summed E-state index contributed by atoms with van der Waals surface area (Å²) in [6, 6.07) is 6.33. The molecule has 1 aromatic rings. The molecule has 1 saturated carbocycles. The molecule has 0 aliphatic heterocycles. The average molecular weight is 311 g/mol. The van der Waals surface area contributed by atoms with Crippen molar-refractivity contribution in [3.63, 3.8) is 0 Å². The van der Waals surface area contributed by atoms with Gasteiger partial charge in [-0.25, -0.2) is 4.79 Å². The molecule has 1 aliphatic carbocycles. The van der Waals surface area contributed by atoms with Crippen LogP contribution in [0.25, 0.3) is 0 Å². The molecule has 2 N–H and O–H groups in total. The van der Waals surface area contributed by atoms with Crippen LogP contribution < -0.4 is 10.6 Å². The lowest BCUT2D eigenvalue weighted by Gasteiger charge is -2.06. The maximum Gasteiger partial charge on any atom is 0.321 e. The van der Waals surface area contributed by atoms with Crippen molar-refractivity contribution in [2.24, 2.45) is 0 Å². The summed E-state index contributed by atoms with van der Waals surface area (Å²) >= 11 is 5.73. The van der Waals surface area contributed by atoms with Gasteiger partial charge in [-0.3, -0.25) is 14.9 Å². The third-order valence-electron chi connectivity index (χ3n) is 2.79. The molecular weight excluding hydrogens is 296 g/mol. The van der Waals surface area contributed by atoms with Gasteiger partial charge >= 0.3 is 12.0 Å². The molecule has 1 aromatic carbocycles. The van der Waals surface area contributed by atoms with Gasteiger partial charge in [-0.05, 0) is 30.5 Å². The minimum atomic E-state index is -0.655. The van der Waals surface area contributed by atoms with Gasteiger partial charge in [0.15, 0.2) is 6.61 Å². The number of rotatable bonds is 5. The quantitative estimate of drug-likeness (QED) is 0.805. The fourth-order valence-electron chi connectivity index (χ4n) is 1.58. The van der Waals surface area contributed by atoms with Gasteiger partial charge in [-0.15, -0.1) is 0 Å². The maximum absolute atomic E-state index is 11.5. The van der Waals surface area contributed by atoms with Crippen molar-refractivity contribution in [3.8, 4) is 0 Å². The standard InChI is InChI=1S/C14H15ClN2O4/c15-10-3-1-9(2-4-10)7-13(19)21-8-12(18)17-14(20)16-11-5-6-11/h1-4,11H,5-8H2,(H2,16,17,18,20). The first-order chi connectivity index (χ1) is 10.0. The lowest BCUT2D eigenvalue weighted by atomic mass is 10.1. The first kappa shape index (κ1) is 15.3. The van der Waals surface area contributed by atoms with Gasteiger partial charge in [0, 0.05) is 11.1 Å². The molecule has 0 radical (unpaired) electrons. The molecular formula is C14H15ClN2O4. The number of imide groups is 1. The number of nitrogens with one attached hydrogen (secondary N) is 2. The second-order valence-electron chi connectivity index (χ2n) is 4.76. The fourth-order valence-corrected chi connectivity index (χ4v) is 1.70. The van der Waals surface area contributed by atoms with E-state index in [1.54, 1.807) is 24.3 Å². The molecule has 0 saturated heterocycles. The molecule has 0 atom stereocenters. The zero-order valence-corrected chi connectivity index (χ0v) is 12.0. The molecule has 1 fully saturated rings. The number of hydrogen-bond donors (Lipinski definition) is 2. The second kappa shape index (κ2) is 7.08. The Morgan fingerprint density at radius 1 is 1.19 bits per heavy atom. The third kappa shape index (κ3) is 5.83. The van der Waals surface area contributed by atoms with E-state index >= 15 is 0 Å². The first-order valence-corrected chi connectivity index (χ1v) is 6.91. The van der Waals surface area contributed by atoms with Gasteiger partial charge in [0.25, 0.3) is 5.91 Å². The van der Waals surface area contributed by atoms with Crippen LogP contribution in [0.15, 0.2) is 24.3 Å².